The van der Waals surface area contributed by atoms with Crippen LogP contribution in [0.3, 0.4) is 0 Å². The van der Waals surface area contributed by atoms with Crippen molar-refractivity contribution in [2.75, 3.05) is 13.2 Å². The zero-order valence-electron chi connectivity index (χ0n) is 10.6. The Labute approximate surface area is 108 Å². The monoisotopic (exact) mass is 276 g/mol. The van der Waals surface area contributed by atoms with E-state index in [1.165, 1.54) is 0 Å². The van der Waals surface area contributed by atoms with Gasteiger partial charge in [0, 0.05) is 6.07 Å². The van der Waals surface area contributed by atoms with Gasteiger partial charge in [-0.2, -0.15) is 5.10 Å². The summed E-state index contributed by atoms with van der Waals surface area (Å²) in [5.74, 6) is -1.59. The first-order valence-corrected chi connectivity index (χ1v) is 5.69. The van der Waals surface area contributed by atoms with E-state index in [2.05, 4.69) is 9.84 Å². The number of hydrogen-bond acceptors (Lipinski definition) is 5. The SMILES string of the molecule is CCOC(=O)c1cc(C(=O)OCC)n(CC(F)F)n1. The number of rotatable bonds is 6. The van der Waals surface area contributed by atoms with Crippen molar-refractivity contribution in [2.45, 2.75) is 26.8 Å². The number of hydrogen-bond donors (Lipinski definition) is 0. The second-order valence-corrected chi connectivity index (χ2v) is 3.43. The van der Waals surface area contributed by atoms with Crippen molar-refractivity contribution in [1.82, 2.24) is 9.78 Å². The largest absolute Gasteiger partial charge is 0.461 e. The van der Waals surface area contributed by atoms with E-state index in [9.17, 15) is 18.4 Å². The third-order valence-corrected chi connectivity index (χ3v) is 2.06. The minimum Gasteiger partial charge on any atom is -0.461 e. The van der Waals surface area contributed by atoms with Crippen molar-refractivity contribution in [3.05, 3.63) is 17.5 Å². The summed E-state index contributed by atoms with van der Waals surface area (Å²) < 4.78 is 34.9. The highest BCUT2D eigenvalue weighted by molar-refractivity contribution is 5.93. The van der Waals surface area contributed by atoms with Crippen LogP contribution in [-0.4, -0.2) is 41.4 Å². The molecular formula is C11H14F2N2O4. The van der Waals surface area contributed by atoms with Crippen LogP contribution in [0, 0.1) is 0 Å². The number of alkyl halides is 2. The van der Waals surface area contributed by atoms with Crippen molar-refractivity contribution in [3.63, 3.8) is 0 Å². The van der Waals surface area contributed by atoms with Gasteiger partial charge in [0.15, 0.2) is 5.69 Å². The van der Waals surface area contributed by atoms with E-state index in [1.807, 2.05) is 0 Å². The number of aromatic nitrogens is 2. The number of nitrogens with zero attached hydrogens (tertiary/aromatic N) is 2. The summed E-state index contributed by atoms with van der Waals surface area (Å²) in [6, 6.07) is 1.08. The molecular weight excluding hydrogens is 262 g/mol. The van der Waals surface area contributed by atoms with Crippen LogP contribution in [0.15, 0.2) is 6.07 Å². The van der Waals surface area contributed by atoms with Crippen LogP contribution in [0.1, 0.15) is 34.8 Å². The van der Waals surface area contributed by atoms with E-state index in [4.69, 9.17) is 4.74 Å². The predicted molar refractivity (Wildman–Crippen MR) is 60.1 cm³/mol. The molecule has 0 fully saturated rings. The molecule has 0 aliphatic carbocycles. The summed E-state index contributed by atoms with van der Waals surface area (Å²) in [5, 5.41) is 3.63. The van der Waals surface area contributed by atoms with Crippen LogP contribution < -0.4 is 0 Å². The Kier molecular flexibility index (Phi) is 5.40. The van der Waals surface area contributed by atoms with Crippen molar-refractivity contribution in [1.29, 1.82) is 0 Å². The molecule has 8 heteroatoms. The fourth-order valence-electron chi connectivity index (χ4n) is 1.36. The first-order chi connectivity index (χ1) is 8.99. The Bertz CT molecular complexity index is 460. The molecule has 0 radical (unpaired) electrons. The standard InChI is InChI=1S/C11H14F2N2O4/c1-3-18-10(16)7-5-8(11(17)19-4-2)15(14-7)6-9(12)13/h5,9H,3-4,6H2,1-2H3. The van der Waals surface area contributed by atoms with Crippen LogP contribution in [0.4, 0.5) is 8.78 Å². The van der Waals surface area contributed by atoms with Crippen LogP contribution in [0.2, 0.25) is 0 Å². The van der Waals surface area contributed by atoms with Crippen LogP contribution in [-0.2, 0) is 16.0 Å². The topological polar surface area (TPSA) is 70.4 Å². The minimum atomic E-state index is -2.71. The van der Waals surface area contributed by atoms with Gasteiger partial charge in [-0.25, -0.2) is 18.4 Å². The molecule has 1 rings (SSSR count). The van der Waals surface area contributed by atoms with Crippen molar-refractivity contribution >= 4 is 11.9 Å². The van der Waals surface area contributed by atoms with Gasteiger partial charge in [0.2, 0.25) is 0 Å². The Morgan fingerprint density at radius 2 is 1.84 bits per heavy atom. The predicted octanol–water partition coefficient (Wildman–Crippen LogP) is 1.50. The lowest BCUT2D eigenvalue weighted by molar-refractivity contribution is 0.0494. The van der Waals surface area contributed by atoms with Crippen molar-refractivity contribution < 1.29 is 27.8 Å². The van der Waals surface area contributed by atoms with Crippen LogP contribution in [0.25, 0.3) is 0 Å². The minimum absolute atomic E-state index is 0.0907. The molecule has 0 aliphatic rings. The highest BCUT2D eigenvalue weighted by atomic mass is 19.3. The Morgan fingerprint density at radius 3 is 2.37 bits per heavy atom. The third kappa shape index (κ3) is 4.01. The van der Waals surface area contributed by atoms with E-state index in [0.717, 1.165) is 10.7 Å². The molecule has 106 valence electrons. The number of carbonyl (C=O) groups excluding carboxylic acids is 2. The molecule has 0 spiro atoms. The van der Waals surface area contributed by atoms with E-state index < -0.39 is 24.9 Å². The van der Waals surface area contributed by atoms with E-state index in [-0.39, 0.29) is 24.6 Å². The number of ether oxygens (including phenoxy) is 2. The van der Waals surface area contributed by atoms with Crippen LogP contribution >= 0.6 is 0 Å². The summed E-state index contributed by atoms with van der Waals surface area (Å²) >= 11 is 0. The highest BCUT2D eigenvalue weighted by Crippen LogP contribution is 2.10. The van der Waals surface area contributed by atoms with Gasteiger partial charge in [-0.05, 0) is 13.8 Å². The maximum atomic E-state index is 12.4. The zero-order valence-corrected chi connectivity index (χ0v) is 10.6. The molecule has 0 N–H and O–H groups in total. The Morgan fingerprint density at radius 1 is 1.26 bits per heavy atom. The maximum absolute atomic E-state index is 12.4. The van der Waals surface area contributed by atoms with Gasteiger partial charge in [0.25, 0.3) is 6.43 Å². The fourth-order valence-corrected chi connectivity index (χ4v) is 1.36. The van der Waals surface area contributed by atoms with Gasteiger partial charge in [-0.3, -0.25) is 4.68 Å². The Balaban J connectivity index is 3.04. The number of carbonyl (C=O) groups is 2. The lowest BCUT2D eigenvalue weighted by atomic mass is 10.3. The molecule has 0 aliphatic heterocycles. The molecule has 19 heavy (non-hydrogen) atoms. The molecule has 6 nitrogen and oxygen atoms in total. The summed E-state index contributed by atoms with van der Waals surface area (Å²) in [6.07, 6.45) is -2.71. The van der Waals surface area contributed by atoms with Gasteiger partial charge < -0.3 is 9.47 Å². The van der Waals surface area contributed by atoms with Gasteiger partial charge in [-0.1, -0.05) is 0 Å². The second kappa shape index (κ2) is 6.81. The molecule has 0 saturated heterocycles. The molecule has 0 bridgehead atoms. The van der Waals surface area contributed by atoms with E-state index >= 15 is 0 Å². The maximum Gasteiger partial charge on any atom is 0.358 e. The number of esters is 2. The molecule has 0 atom stereocenters. The highest BCUT2D eigenvalue weighted by Gasteiger charge is 2.22. The third-order valence-electron chi connectivity index (χ3n) is 2.06. The number of halogens is 2. The summed E-state index contributed by atoms with van der Waals surface area (Å²) in [4.78, 5) is 23.0. The zero-order chi connectivity index (χ0) is 14.4. The molecule has 0 amide bonds. The average Bonchev–Trinajstić information content (AvgIpc) is 2.73. The lowest BCUT2D eigenvalue weighted by Gasteiger charge is -2.05. The average molecular weight is 276 g/mol. The van der Waals surface area contributed by atoms with Gasteiger partial charge in [-0.15, -0.1) is 0 Å². The lowest BCUT2D eigenvalue weighted by Crippen LogP contribution is -2.17. The van der Waals surface area contributed by atoms with E-state index in [0.29, 0.717) is 0 Å². The van der Waals surface area contributed by atoms with Gasteiger partial charge in [0.05, 0.1) is 13.2 Å². The summed E-state index contributed by atoms with van der Waals surface area (Å²) in [6.45, 7) is 2.59. The van der Waals surface area contributed by atoms with Crippen LogP contribution in [0.5, 0.6) is 0 Å². The Hall–Kier alpha value is -1.99. The van der Waals surface area contributed by atoms with E-state index in [1.54, 1.807) is 13.8 Å². The molecule has 0 aromatic carbocycles. The smallest absolute Gasteiger partial charge is 0.358 e. The van der Waals surface area contributed by atoms with Crippen molar-refractivity contribution in [3.8, 4) is 0 Å². The summed E-state index contributed by atoms with van der Waals surface area (Å²) in [5.41, 5.74) is -0.407. The fraction of sp³-hybridized carbons (Fsp3) is 0.545. The first kappa shape index (κ1) is 15.1. The summed E-state index contributed by atoms with van der Waals surface area (Å²) in [7, 11) is 0. The normalized spacial score (nSPS) is 10.6. The first-order valence-electron chi connectivity index (χ1n) is 5.69. The quantitative estimate of drug-likeness (QED) is 0.736. The van der Waals surface area contributed by atoms with Gasteiger partial charge in [0.1, 0.15) is 12.2 Å². The molecule has 0 saturated carbocycles. The molecule has 1 aromatic rings. The molecule has 0 unspecified atom stereocenters. The second-order valence-electron chi connectivity index (χ2n) is 3.43. The van der Waals surface area contributed by atoms with Gasteiger partial charge >= 0.3 is 11.9 Å². The molecule has 1 aromatic heterocycles. The van der Waals surface area contributed by atoms with Crippen molar-refractivity contribution in [2.24, 2.45) is 0 Å². The molecule has 1 heterocycles.